The normalized spacial score (nSPS) is 10.9. The molecule has 0 radical (unpaired) electrons. The molecule has 7 heteroatoms. The monoisotopic (exact) mass is 443 g/mol. The number of imide groups is 1. The third-order valence-electron chi connectivity index (χ3n) is 4.93. The molecule has 0 aliphatic heterocycles. The molecule has 7 nitrogen and oxygen atoms in total. The Labute approximate surface area is 192 Å². The Kier molecular flexibility index (Phi) is 7.70. The fraction of sp³-hybridized carbons (Fsp3) is 0.154. The van der Waals surface area contributed by atoms with Crippen LogP contribution in [0.2, 0.25) is 0 Å². The van der Waals surface area contributed by atoms with E-state index in [0.29, 0.717) is 22.7 Å². The van der Waals surface area contributed by atoms with Crippen molar-refractivity contribution in [1.82, 2.24) is 5.43 Å². The highest BCUT2D eigenvalue weighted by molar-refractivity contribution is 6.23. The summed E-state index contributed by atoms with van der Waals surface area (Å²) in [6.45, 7) is 3.65. The molecule has 33 heavy (non-hydrogen) atoms. The number of ether oxygens (including phenoxy) is 1. The average molecular weight is 444 g/mol. The Balaban J connectivity index is 1.74. The quantitative estimate of drug-likeness (QED) is 0.338. The second kappa shape index (κ2) is 10.9. The predicted octanol–water partition coefficient (Wildman–Crippen LogP) is 4.11. The van der Waals surface area contributed by atoms with E-state index in [-0.39, 0.29) is 0 Å². The van der Waals surface area contributed by atoms with Gasteiger partial charge in [0.1, 0.15) is 12.2 Å². The minimum Gasteiger partial charge on any atom is -0.497 e. The van der Waals surface area contributed by atoms with Crippen LogP contribution in [-0.4, -0.2) is 30.5 Å². The summed E-state index contributed by atoms with van der Waals surface area (Å²) in [5, 5.41) is 4.07. The highest BCUT2D eigenvalue weighted by atomic mass is 16.5. The summed E-state index contributed by atoms with van der Waals surface area (Å²) in [4.78, 5) is 39.6. The minimum absolute atomic E-state index is 0.347. The molecule has 3 aromatic carbocycles. The van der Waals surface area contributed by atoms with E-state index in [1.54, 1.807) is 80.8 Å². The molecule has 0 atom stereocenters. The number of carbonyl (C=O) groups excluding carboxylic acids is 3. The van der Waals surface area contributed by atoms with Gasteiger partial charge in [0.25, 0.3) is 5.91 Å². The zero-order valence-corrected chi connectivity index (χ0v) is 18.7. The van der Waals surface area contributed by atoms with E-state index in [1.165, 1.54) is 0 Å². The van der Waals surface area contributed by atoms with Crippen molar-refractivity contribution in [3.8, 4) is 5.75 Å². The molecular formula is C26H25N3O4. The van der Waals surface area contributed by atoms with Gasteiger partial charge in [0.05, 0.1) is 18.5 Å². The smallest absolute Gasteiger partial charge is 0.265 e. The van der Waals surface area contributed by atoms with Gasteiger partial charge in [-0.15, -0.1) is 0 Å². The molecule has 0 aliphatic rings. The van der Waals surface area contributed by atoms with Crippen molar-refractivity contribution in [2.75, 3.05) is 12.0 Å². The Bertz CT molecular complexity index is 1150. The zero-order chi connectivity index (χ0) is 23.8. The average Bonchev–Trinajstić information content (AvgIpc) is 2.84. The predicted molar refractivity (Wildman–Crippen MR) is 127 cm³/mol. The zero-order valence-electron chi connectivity index (χ0n) is 18.7. The van der Waals surface area contributed by atoms with Gasteiger partial charge >= 0.3 is 0 Å². The number of nitrogens with one attached hydrogen (secondary N) is 1. The first-order chi connectivity index (χ1) is 15.9. The number of aryl methyl sites for hydroxylation is 1. The first kappa shape index (κ1) is 23.4. The number of nitrogens with zero attached hydrogens (tertiary/aromatic N) is 2. The second-order valence-corrected chi connectivity index (χ2v) is 7.37. The minimum atomic E-state index is -0.650. The van der Waals surface area contributed by atoms with E-state index < -0.39 is 24.1 Å². The molecule has 168 valence electrons. The Morgan fingerprint density at radius 3 is 2.12 bits per heavy atom. The van der Waals surface area contributed by atoms with E-state index in [9.17, 15) is 14.4 Å². The van der Waals surface area contributed by atoms with Crippen molar-refractivity contribution in [1.29, 1.82) is 0 Å². The Morgan fingerprint density at radius 1 is 0.879 bits per heavy atom. The summed E-state index contributed by atoms with van der Waals surface area (Å²) in [6.07, 6.45) is -0.536. The number of carbonyl (C=O) groups is 3. The lowest BCUT2D eigenvalue weighted by molar-refractivity contribution is -0.127. The topological polar surface area (TPSA) is 88.1 Å². The summed E-state index contributed by atoms with van der Waals surface area (Å²) in [6, 6.07) is 22.6. The molecule has 1 N–H and O–H groups in total. The highest BCUT2D eigenvalue weighted by Crippen LogP contribution is 2.19. The van der Waals surface area contributed by atoms with E-state index in [2.05, 4.69) is 10.5 Å². The molecule has 0 spiro atoms. The molecule has 0 aliphatic carbocycles. The highest BCUT2D eigenvalue weighted by Gasteiger charge is 2.26. The molecule has 0 saturated carbocycles. The van der Waals surface area contributed by atoms with Crippen molar-refractivity contribution < 1.29 is 19.1 Å². The van der Waals surface area contributed by atoms with Crippen LogP contribution in [0.15, 0.2) is 84.0 Å². The third-order valence-corrected chi connectivity index (χ3v) is 4.93. The van der Waals surface area contributed by atoms with E-state index >= 15 is 0 Å². The third kappa shape index (κ3) is 6.13. The van der Waals surface area contributed by atoms with Gasteiger partial charge in [-0.2, -0.15) is 5.10 Å². The summed E-state index contributed by atoms with van der Waals surface area (Å²) in [5.41, 5.74) is 5.48. The lowest BCUT2D eigenvalue weighted by atomic mass is 10.1. The van der Waals surface area contributed by atoms with Crippen molar-refractivity contribution in [2.45, 2.75) is 20.3 Å². The number of benzene rings is 3. The van der Waals surface area contributed by atoms with Crippen LogP contribution in [0.25, 0.3) is 0 Å². The number of hydrazone groups is 1. The molecule has 0 fully saturated rings. The summed E-state index contributed by atoms with van der Waals surface area (Å²) >= 11 is 0. The summed E-state index contributed by atoms with van der Waals surface area (Å²) in [5.74, 6) is -1.07. The molecule has 0 bridgehead atoms. The maximum Gasteiger partial charge on any atom is 0.265 e. The second-order valence-electron chi connectivity index (χ2n) is 7.37. The fourth-order valence-electron chi connectivity index (χ4n) is 3.08. The van der Waals surface area contributed by atoms with Crippen LogP contribution in [0, 0.1) is 6.92 Å². The van der Waals surface area contributed by atoms with Crippen molar-refractivity contribution in [3.05, 3.63) is 95.6 Å². The van der Waals surface area contributed by atoms with Crippen LogP contribution >= 0.6 is 0 Å². The molecular weight excluding hydrogens is 418 g/mol. The van der Waals surface area contributed by atoms with Gasteiger partial charge in [0.15, 0.2) is 0 Å². The van der Waals surface area contributed by atoms with Crippen LogP contribution in [0.3, 0.4) is 0 Å². The van der Waals surface area contributed by atoms with Gasteiger partial charge in [0.2, 0.25) is 11.8 Å². The number of methoxy groups -OCH3 is 1. The fourth-order valence-corrected chi connectivity index (χ4v) is 3.08. The molecule has 0 saturated heterocycles. The molecule has 3 aromatic rings. The van der Waals surface area contributed by atoms with Crippen LogP contribution in [0.4, 0.5) is 5.69 Å². The van der Waals surface area contributed by atoms with Gasteiger partial charge in [-0.3, -0.25) is 14.4 Å². The standard InChI is InChI=1S/C26H25N3O4/c1-18-9-13-22(14-10-18)29(26(32)21-7-5-4-6-8-21)25(31)17-24(30)28-27-19(2)20-11-15-23(33-3)16-12-20/h4-16H,17H2,1-3H3,(H,28,30)/b27-19+. The van der Waals surface area contributed by atoms with Gasteiger partial charge in [-0.25, -0.2) is 10.3 Å². The van der Waals surface area contributed by atoms with E-state index in [4.69, 9.17) is 4.74 Å². The van der Waals surface area contributed by atoms with Crippen molar-refractivity contribution >= 4 is 29.1 Å². The van der Waals surface area contributed by atoms with Crippen LogP contribution < -0.4 is 15.1 Å². The largest absolute Gasteiger partial charge is 0.497 e. The van der Waals surface area contributed by atoms with Gasteiger partial charge in [-0.1, -0.05) is 35.9 Å². The molecule has 0 heterocycles. The number of hydrogen-bond acceptors (Lipinski definition) is 5. The maximum atomic E-state index is 13.1. The summed E-state index contributed by atoms with van der Waals surface area (Å²) < 4.78 is 5.13. The van der Waals surface area contributed by atoms with Gasteiger partial charge < -0.3 is 4.74 Å². The van der Waals surface area contributed by atoms with Crippen LogP contribution in [-0.2, 0) is 9.59 Å². The maximum absolute atomic E-state index is 13.1. The lowest BCUT2D eigenvalue weighted by Gasteiger charge is -2.21. The Hall–Kier alpha value is -4.26. The molecule has 3 amide bonds. The van der Waals surface area contributed by atoms with Crippen molar-refractivity contribution in [3.63, 3.8) is 0 Å². The molecule has 0 unspecified atom stereocenters. The van der Waals surface area contributed by atoms with Crippen LogP contribution in [0.5, 0.6) is 5.75 Å². The first-order valence-corrected chi connectivity index (χ1v) is 10.4. The molecule has 3 rings (SSSR count). The Morgan fingerprint density at radius 2 is 1.52 bits per heavy atom. The number of rotatable bonds is 7. The van der Waals surface area contributed by atoms with Gasteiger partial charge in [-0.05, 0) is 67.9 Å². The first-order valence-electron chi connectivity index (χ1n) is 10.4. The van der Waals surface area contributed by atoms with E-state index in [1.807, 2.05) is 19.1 Å². The SMILES string of the molecule is COc1ccc(/C(C)=N/NC(=O)CC(=O)N(C(=O)c2ccccc2)c2ccc(C)cc2)cc1. The molecule has 0 aromatic heterocycles. The summed E-state index contributed by atoms with van der Waals surface area (Å²) in [7, 11) is 1.58. The number of amides is 3. The number of hydrogen-bond donors (Lipinski definition) is 1. The van der Waals surface area contributed by atoms with Crippen molar-refractivity contribution in [2.24, 2.45) is 5.10 Å². The van der Waals surface area contributed by atoms with Crippen LogP contribution in [0.1, 0.15) is 34.8 Å². The number of anilines is 1. The van der Waals surface area contributed by atoms with E-state index in [0.717, 1.165) is 16.0 Å². The lowest BCUT2D eigenvalue weighted by Crippen LogP contribution is -2.39. The van der Waals surface area contributed by atoms with Gasteiger partial charge in [0, 0.05) is 5.56 Å².